The van der Waals surface area contributed by atoms with E-state index in [9.17, 15) is 18.5 Å². The predicted octanol–water partition coefficient (Wildman–Crippen LogP) is 4.95. The summed E-state index contributed by atoms with van der Waals surface area (Å²) in [5, 5.41) is 11.0. The number of aromatic nitrogens is 2. The molecule has 0 bridgehead atoms. The summed E-state index contributed by atoms with van der Waals surface area (Å²) in [4.78, 5) is 18.6. The van der Waals surface area contributed by atoms with Gasteiger partial charge in [0.15, 0.2) is 0 Å². The van der Waals surface area contributed by atoms with Crippen molar-refractivity contribution in [3.8, 4) is 22.9 Å². The molecule has 0 saturated heterocycles. The Labute approximate surface area is 189 Å². The van der Waals surface area contributed by atoms with Gasteiger partial charge in [-0.25, -0.2) is 18.1 Å². The fourth-order valence-electron chi connectivity index (χ4n) is 3.07. The van der Waals surface area contributed by atoms with Crippen LogP contribution < -0.4 is 9.46 Å². The van der Waals surface area contributed by atoms with Gasteiger partial charge in [0.05, 0.1) is 15.5 Å². The molecule has 1 N–H and O–H groups in total. The maximum atomic E-state index is 12.9. The van der Waals surface area contributed by atoms with Crippen LogP contribution in [0.15, 0.2) is 89.8 Å². The van der Waals surface area contributed by atoms with E-state index in [0.717, 1.165) is 17.2 Å². The first kappa shape index (κ1) is 21.9. The Morgan fingerprint density at radius 2 is 1.64 bits per heavy atom. The number of anilines is 1. The first-order chi connectivity index (χ1) is 15.8. The summed E-state index contributed by atoms with van der Waals surface area (Å²) in [6.07, 6.45) is 0. The van der Waals surface area contributed by atoms with Crippen LogP contribution in [-0.4, -0.2) is 23.3 Å². The van der Waals surface area contributed by atoms with Crippen LogP contribution in [0.5, 0.6) is 11.6 Å². The van der Waals surface area contributed by atoms with Gasteiger partial charge in [-0.2, -0.15) is 4.98 Å². The molecule has 10 heteroatoms. The molecule has 0 aliphatic heterocycles. The molecule has 0 aliphatic carbocycles. The van der Waals surface area contributed by atoms with E-state index in [2.05, 4.69) is 14.7 Å². The van der Waals surface area contributed by atoms with Crippen molar-refractivity contribution < 1.29 is 18.1 Å². The van der Waals surface area contributed by atoms with Crippen molar-refractivity contribution in [3.63, 3.8) is 0 Å². The number of nitrogens with zero attached hydrogens (tertiary/aromatic N) is 3. The average molecular weight is 462 g/mol. The zero-order valence-electron chi connectivity index (χ0n) is 17.4. The molecule has 0 atom stereocenters. The van der Waals surface area contributed by atoms with Crippen LogP contribution in [-0.2, 0) is 10.0 Å². The molecule has 1 heterocycles. The van der Waals surface area contributed by atoms with Gasteiger partial charge < -0.3 is 4.74 Å². The number of para-hydroxylation sites is 1. The van der Waals surface area contributed by atoms with Crippen LogP contribution in [0, 0.1) is 17.0 Å². The van der Waals surface area contributed by atoms with Crippen molar-refractivity contribution in [2.45, 2.75) is 11.8 Å². The zero-order valence-corrected chi connectivity index (χ0v) is 18.2. The van der Waals surface area contributed by atoms with Gasteiger partial charge in [0, 0.05) is 23.8 Å². The topological polar surface area (TPSA) is 124 Å². The lowest BCUT2D eigenvalue weighted by Gasteiger charge is -2.12. The number of hydrogen-bond donors (Lipinski definition) is 1. The third kappa shape index (κ3) is 5.13. The third-order valence-corrected chi connectivity index (χ3v) is 5.98. The molecule has 0 spiro atoms. The SMILES string of the molecule is Cc1ccccc1-c1cc(Oc2ccccc2)nc(NS(=O)(=O)c2cccc([N+](=O)[O-])c2)n1. The largest absolute Gasteiger partial charge is 0.439 e. The summed E-state index contributed by atoms with van der Waals surface area (Å²) < 4.78 is 33.9. The Morgan fingerprint density at radius 3 is 2.36 bits per heavy atom. The summed E-state index contributed by atoms with van der Waals surface area (Å²) in [6.45, 7) is 1.90. The van der Waals surface area contributed by atoms with Gasteiger partial charge in [-0.05, 0) is 30.7 Å². The predicted molar refractivity (Wildman–Crippen MR) is 123 cm³/mol. The van der Waals surface area contributed by atoms with E-state index < -0.39 is 14.9 Å². The Morgan fingerprint density at radius 1 is 0.909 bits per heavy atom. The van der Waals surface area contributed by atoms with Crippen molar-refractivity contribution in [2.24, 2.45) is 0 Å². The molecule has 3 aromatic carbocycles. The Balaban J connectivity index is 1.76. The normalized spacial score (nSPS) is 11.1. The minimum atomic E-state index is -4.20. The van der Waals surface area contributed by atoms with E-state index >= 15 is 0 Å². The van der Waals surface area contributed by atoms with Crippen LogP contribution >= 0.6 is 0 Å². The zero-order chi connectivity index (χ0) is 23.4. The molecule has 0 aliphatic rings. The summed E-state index contributed by atoms with van der Waals surface area (Å²) >= 11 is 0. The number of sulfonamides is 1. The lowest BCUT2D eigenvalue weighted by molar-refractivity contribution is -0.385. The highest BCUT2D eigenvalue weighted by molar-refractivity contribution is 7.92. The maximum Gasteiger partial charge on any atom is 0.270 e. The van der Waals surface area contributed by atoms with Crippen LogP contribution in [0.1, 0.15) is 5.56 Å². The van der Waals surface area contributed by atoms with E-state index in [0.29, 0.717) is 11.4 Å². The Hall–Kier alpha value is -4.31. The lowest BCUT2D eigenvalue weighted by Crippen LogP contribution is -2.15. The first-order valence-electron chi connectivity index (χ1n) is 9.77. The molecule has 4 rings (SSSR count). The second kappa shape index (κ2) is 9.05. The molecule has 0 fully saturated rings. The molecule has 9 nitrogen and oxygen atoms in total. The Bertz CT molecular complexity index is 1430. The third-order valence-electron chi connectivity index (χ3n) is 4.65. The number of aryl methyl sites for hydroxylation is 1. The number of nitro benzene ring substituents is 1. The summed E-state index contributed by atoms with van der Waals surface area (Å²) in [6, 6.07) is 22.7. The molecule has 33 heavy (non-hydrogen) atoms. The van der Waals surface area contributed by atoms with Gasteiger partial charge in [-0.1, -0.05) is 48.5 Å². The van der Waals surface area contributed by atoms with Crippen molar-refractivity contribution in [3.05, 3.63) is 101 Å². The average Bonchev–Trinajstić information content (AvgIpc) is 2.79. The minimum absolute atomic E-state index is 0.131. The van der Waals surface area contributed by atoms with Crippen LogP contribution in [0.25, 0.3) is 11.3 Å². The fraction of sp³-hybridized carbons (Fsp3) is 0.0435. The number of nitrogens with one attached hydrogen (secondary N) is 1. The van der Waals surface area contributed by atoms with Crippen molar-refractivity contribution in [2.75, 3.05) is 4.72 Å². The van der Waals surface area contributed by atoms with Crippen LogP contribution in [0.4, 0.5) is 11.6 Å². The highest BCUT2D eigenvalue weighted by Gasteiger charge is 2.20. The van der Waals surface area contributed by atoms with Gasteiger partial charge in [0.1, 0.15) is 5.75 Å². The molecule has 4 aromatic rings. The maximum absolute atomic E-state index is 12.9. The molecular weight excluding hydrogens is 444 g/mol. The van der Waals surface area contributed by atoms with E-state index in [-0.39, 0.29) is 22.4 Å². The quantitative estimate of drug-likeness (QED) is 0.304. The smallest absolute Gasteiger partial charge is 0.270 e. The molecule has 1 aromatic heterocycles. The number of nitro groups is 1. The molecule has 0 radical (unpaired) electrons. The lowest BCUT2D eigenvalue weighted by atomic mass is 10.1. The van der Waals surface area contributed by atoms with Gasteiger partial charge in [0.2, 0.25) is 11.8 Å². The minimum Gasteiger partial charge on any atom is -0.439 e. The van der Waals surface area contributed by atoms with Gasteiger partial charge >= 0.3 is 0 Å². The van der Waals surface area contributed by atoms with Gasteiger partial charge in [-0.15, -0.1) is 0 Å². The van der Waals surface area contributed by atoms with Crippen molar-refractivity contribution >= 4 is 21.7 Å². The van der Waals surface area contributed by atoms with Crippen molar-refractivity contribution in [1.29, 1.82) is 0 Å². The Kier molecular flexibility index (Phi) is 6.01. The second-order valence-corrected chi connectivity index (χ2v) is 8.69. The molecule has 0 saturated carbocycles. The first-order valence-corrected chi connectivity index (χ1v) is 11.3. The van der Waals surface area contributed by atoms with Crippen LogP contribution in [0.2, 0.25) is 0 Å². The monoisotopic (exact) mass is 462 g/mol. The van der Waals surface area contributed by atoms with E-state index in [1.165, 1.54) is 18.2 Å². The standard InChI is InChI=1S/C23H18N4O5S/c1-16-8-5-6-13-20(16)21-15-22(32-18-10-3-2-4-11-18)25-23(24-21)26-33(30,31)19-12-7-9-17(14-19)27(28)29/h2-15H,1H3,(H,24,25,26). The molecule has 166 valence electrons. The van der Waals surface area contributed by atoms with Gasteiger partial charge in [-0.3, -0.25) is 10.1 Å². The number of hydrogen-bond acceptors (Lipinski definition) is 7. The van der Waals surface area contributed by atoms with Crippen LogP contribution in [0.3, 0.4) is 0 Å². The molecule has 0 unspecified atom stereocenters. The fourth-order valence-corrected chi connectivity index (χ4v) is 4.06. The highest BCUT2D eigenvalue weighted by Crippen LogP contribution is 2.29. The summed E-state index contributed by atoms with van der Waals surface area (Å²) in [7, 11) is -4.20. The highest BCUT2D eigenvalue weighted by atomic mass is 32.2. The van der Waals surface area contributed by atoms with E-state index in [4.69, 9.17) is 4.74 Å². The molecule has 0 amide bonds. The number of benzene rings is 3. The van der Waals surface area contributed by atoms with Gasteiger partial charge in [0.25, 0.3) is 15.7 Å². The number of ether oxygens (including phenoxy) is 1. The summed E-state index contributed by atoms with van der Waals surface area (Å²) in [5.74, 6) is 0.416. The van der Waals surface area contributed by atoms with E-state index in [1.54, 1.807) is 30.3 Å². The van der Waals surface area contributed by atoms with E-state index in [1.807, 2.05) is 37.3 Å². The van der Waals surface area contributed by atoms with Crippen molar-refractivity contribution in [1.82, 2.24) is 9.97 Å². The summed E-state index contributed by atoms with van der Waals surface area (Å²) in [5.41, 5.74) is 1.80. The molecular formula is C23H18N4O5S. The second-order valence-electron chi connectivity index (χ2n) is 7.01. The number of non-ortho nitro benzene ring substituents is 1. The number of rotatable bonds is 7.